The van der Waals surface area contributed by atoms with Gasteiger partial charge in [-0.15, -0.1) is 0 Å². The molecule has 0 radical (unpaired) electrons. The fourth-order valence-electron chi connectivity index (χ4n) is 2.85. The van der Waals surface area contributed by atoms with Crippen LogP contribution in [-0.2, 0) is 22.4 Å². The molecule has 13 heteroatoms. The molecule has 0 fully saturated rings. The molecule has 5 nitrogen and oxygen atoms in total. The van der Waals surface area contributed by atoms with Gasteiger partial charge in [-0.25, -0.2) is 8.42 Å². The highest BCUT2D eigenvalue weighted by Gasteiger charge is 2.37. The Morgan fingerprint density at radius 2 is 1.41 bits per heavy atom. The van der Waals surface area contributed by atoms with Crippen LogP contribution in [0.1, 0.15) is 21.5 Å². The number of sulfonamides is 1. The molecule has 0 aliphatic heterocycles. The lowest BCUT2D eigenvalue weighted by Crippen LogP contribution is -2.21. The predicted molar refractivity (Wildman–Crippen MR) is 116 cm³/mol. The molecule has 0 unspecified atom stereocenters. The van der Waals surface area contributed by atoms with E-state index in [9.17, 15) is 39.6 Å². The van der Waals surface area contributed by atoms with Gasteiger partial charge in [0.1, 0.15) is 0 Å². The highest BCUT2D eigenvalue weighted by molar-refractivity contribution is 9.10. The van der Waals surface area contributed by atoms with Crippen LogP contribution in [0.25, 0.3) is 0 Å². The van der Waals surface area contributed by atoms with Gasteiger partial charge in [-0.2, -0.15) is 26.3 Å². The maximum atomic E-state index is 13.3. The van der Waals surface area contributed by atoms with Crippen LogP contribution in [-0.4, -0.2) is 14.3 Å². The average Bonchev–Trinajstić information content (AvgIpc) is 2.72. The van der Waals surface area contributed by atoms with Crippen molar-refractivity contribution in [2.45, 2.75) is 17.2 Å². The number of halogens is 7. The van der Waals surface area contributed by atoms with Gasteiger partial charge in [0.05, 0.1) is 33.0 Å². The van der Waals surface area contributed by atoms with Crippen molar-refractivity contribution >= 4 is 43.2 Å². The molecule has 0 saturated carbocycles. The summed E-state index contributed by atoms with van der Waals surface area (Å²) in [4.78, 5) is 12.6. The number of carbonyl (C=O) groups excluding carboxylic acids is 1. The molecule has 2 N–H and O–H groups in total. The molecule has 3 aromatic rings. The lowest BCUT2D eigenvalue weighted by molar-refractivity contribution is -0.140. The maximum absolute atomic E-state index is 13.3. The molecule has 0 bridgehead atoms. The third-order valence-corrected chi connectivity index (χ3v) is 6.35. The van der Waals surface area contributed by atoms with Gasteiger partial charge < -0.3 is 5.32 Å². The third kappa shape index (κ3) is 5.89. The van der Waals surface area contributed by atoms with E-state index in [0.29, 0.717) is 4.47 Å². The first-order valence-corrected chi connectivity index (χ1v) is 11.4. The van der Waals surface area contributed by atoms with Crippen molar-refractivity contribution in [2.75, 3.05) is 10.0 Å². The summed E-state index contributed by atoms with van der Waals surface area (Å²) in [6.07, 6.45) is -10.0. The summed E-state index contributed by atoms with van der Waals surface area (Å²) in [7, 11) is -4.20. The van der Waals surface area contributed by atoms with Crippen molar-refractivity contribution in [3.8, 4) is 0 Å². The first-order chi connectivity index (χ1) is 15.7. The smallest absolute Gasteiger partial charge is 0.321 e. The third-order valence-electron chi connectivity index (χ3n) is 4.44. The molecule has 0 aliphatic rings. The van der Waals surface area contributed by atoms with Crippen LogP contribution in [0.3, 0.4) is 0 Å². The number of anilines is 2. The van der Waals surface area contributed by atoms with E-state index >= 15 is 0 Å². The predicted octanol–water partition coefficient (Wildman–Crippen LogP) is 6.54. The molecule has 0 heterocycles. The Kier molecular flexibility index (Phi) is 6.99. The Morgan fingerprint density at radius 1 is 0.794 bits per heavy atom. The zero-order valence-corrected chi connectivity index (χ0v) is 19.0. The number of amides is 1. The minimum atomic E-state index is -5.06. The van der Waals surface area contributed by atoms with Gasteiger partial charge in [0, 0.05) is 4.47 Å². The van der Waals surface area contributed by atoms with E-state index in [1.165, 1.54) is 42.5 Å². The zero-order chi connectivity index (χ0) is 25.3. The molecular formula is C21H13BrF6N2O3S. The summed E-state index contributed by atoms with van der Waals surface area (Å²) in [6.45, 7) is 0. The topological polar surface area (TPSA) is 75.3 Å². The zero-order valence-electron chi connectivity index (χ0n) is 16.6. The lowest BCUT2D eigenvalue weighted by atomic mass is 10.1. The van der Waals surface area contributed by atoms with Crippen LogP contribution in [0.2, 0.25) is 0 Å². The van der Waals surface area contributed by atoms with Gasteiger partial charge in [0.15, 0.2) is 0 Å². The molecule has 3 aromatic carbocycles. The average molecular weight is 567 g/mol. The SMILES string of the molecule is O=C(Nc1cc(C(F)(F)F)ccc1C(F)(F)F)c1ccccc1NS(=O)(=O)c1ccc(Br)cc1. The van der Waals surface area contributed by atoms with Crippen LogP contribution >= 0.6 is 15.9 Å². The van der Waals surface area contributed by atoms with E-state index in [1.807, 2.05) is 5.32 Å². The van der Waals surface area contributed by atoms with Crippen molar-refractivity contribution in [1.82, 2.24) is 0 Å². The van der Waals surface area contributed by atoms with E-state index in [2.05, 4.69) is 20.7 Å². The van der Waals surface area contributed by atoms with Crippen molar-refractivity contribution in [3.63, 3.8) is 0 Å². The maximum Gasteiger partial charge on any atom is 0.418 e. The lowest BCUT2D eigenvalue weighted by Gasteiger charge is -2.17. The molecule has 1 amide bonds. The number of hydrogen-bond donors (Lipinski definition) is 2. The van der Waals surface area contributed by atoms with E-state index in [1.54, 1.807) is 0 Å². The van der Waals surface area contributed by atoms with Crippen LogP contribution < -0.4 is 10.0 Å². The van der Waals surface area contributed by atoms with Gasteiger partial charge >= 0.3 is 12.4 Å². The summed E-state index contributed by atoms with van der Waals surface area (Å²) >= 11 is 3.16. The number of alkyl halides is 6. The Balaban J connectivity index is 1.98. The molecule has 34 heavy (non-hydrogen) atoms. The van der Waals surface area contributed by atoms with Gasteiger partial charge in [0.25, 0.3) is 15.9 Å². The summed E-state index contributed by atoms with van der Waals surface area (Å²) in [5.41, 5.74) is -4.73. The first kappa shape index (κ1) is 25.6. The van der Waals surface area contributed by atoms with Crippen LogP contribution in [0, 0.1) is 0 Å². The number of nitrogens with one attached hydrogen (secondary N) is 2. The standard InChI is InChI=1S/C21H13BrF6N2O3S/c22-13-6-8-14(9-7-13)34(32,33)30-17-4-2-1-3-15(17)19(31)29-18-11-12(20(23,24)25)5-10-16(18)21(26,27)28/h1-11,30H,(H,29,31). The number of benzene rings is 3. The highest BCUT2D eigenvalue weighted by Crippen LogP contribution is 2.39. The van der Waals surface area contributed by atoms with Gasteiger partial charge in [-0.05, 0) is 54.6 Å². The Bertz CT molecular complexity index is 1320. The highest BCUT2D eigenvalue weighted by atomic mass is 79.9. The molecule has 0 aliphatic carbocycles. The van der Waals surface area contributed by atoms with E-state index in [-0.39, 0.29) is 28.8 Å². The van der Waals surface area contributed by atoms with Crippen molar-refractivity contribution in [3.05, 3.63) is 87.9 Å². The van der Waals surface area contributed by atoms with Gasteiger partial charge in [0.2, 0.25) is 0 Å². The summed E-state index contributed by atoms with van der Waals surface area (Å²) in [5.74, 6) is -1.25. The quantitative estimate of drug-likeness (QED) is 0.344. The molecule has 0 saturated heterocycles. The summed E-state index contributed by atoms with van der Waals surface area (Å²) in [6, 6.07) is 11.0. The van der Waals surface area contributed by atoms with Gasteiger partial charge in [-0.1, -0.05) is 28.1 Å². The summed E-state index contributed by atoms with van der Waals surface area (Å²) < 4.78 is 107. The minimum absolute atomic E-state index is 0.162. The van der Waals surface area contributed by atoms with Crippen LogP contribution in [0.5, 0.6) is 0 Å². The summed E-state index contributed by atoms with van der Waals surface area (Å²) in [5, 5.41) is 1.82. The molecule has 3 rings (SSSR count). The van der Waals surface area contributed by atoms with Crippen LogP contribution in [0.4, 0.5) is 37.7 Å². The van der Waals surface area contributed by atoms with E-state index in [0.717, 1.165) is 6.07 Å². The fourth-order valence-corrected chi connectivity index (χ4v) is 4.19. The first-order valence-electron chi connectivity index (χ1n) is 9.16. The second kappa shape index (κ2) is 9.29. The normalized spacial score (nSPS) is 12.3. The Labute approximate surface area is 198 Å². The van der Waals surface area contributed by atoms with Crippen LogP contribution in [0.15, 0.2) is 76.1 Å². The minimum Gasteiger partial charge on any atom is -0.321 e. The van der Waals surface area contributed by atoms with Crippen molar-refractivity contribution in [2.24, 2.45) is 0 Å². The second-order valence-corrected chi connectivity index (χ2v) is 9.41. The molecular weight excluding hydrogens is 554 g/mol. The largest absolute Gasteiger partial charge is 0.418 e. The van der Waals surface area contributed by atoms with E-state index < -0.39 is 50.7 Å². The molecule has 0 spiro atoms. The number of rotatable bonds is 5. The number of hydrogen-bond acceptors (Lipinski definition) is 3. The van der Waals surface area contributed by atoms with Crippen molar-refractivity contribution in [1.29, 1.82) is 0 Å². The fraction of sp³-hybridized carbons (Fsp3) is 0.0952. The number of para-hydroxylation sites is 1. The number of carbonyl (C=O) groups is 1. The molecule has 180 valence electrons. The molecule has 0 atom stereocenters. The monoisotopic (exact) mass is 566 g/mol. The van der Waals surface area contributed by atoms with E-state index in [4.69, 9.17) is 0 Å². The van der Waals surface area contributed by atoms with Crippen molar-refractivity contribution < 1.29 is 39.6 Å². The van der Waals surface area contributed by atoms with Gasteiger partial charge in [-0.3, -0.25) is 9.52 Å². The second-order valence-electron chi connectivity index (χ2n) is 6.82. The Morgan fingerprint density at radius 3 is 2.00 bits per heavy atom. The Hall–Kier alpha value is -3.06. The molecule has 0 aromatic heterocycles.